The Labute approximate surface area is 86.6 Å². The third-order valence-corrected chi connectivity index (χ3v) is 1.68. The molecule has 1 radical (unpaired) electrons. The van der Waals surface area contributed by atoms with Crippen molar-refractivity contribution in [1.29, 1.82) is 0 Å². The lowest BCUT2D eigenvalue weighted by Crippen LogP contribution is -2.36. The summed E-state index contributed by atoms with van der Waals surface area (Å²) < 4.78 is 93.9. The molecular formula is C8H9F8. The number of hydrogen-bond acceptors (Lipinski definition) is 0. The molecule has 0 bridgehead atoms. The quantitative estimate of drug-likeness (QED) is 0.502. The van der Waals surface area contributed by atoms with Gasteiger partial charge in [0.2, 0.25) is 0 Å². The summed E-state index contributed by atoms with van der Waals surface area (Å²) in [5, 5.41) is 0. The van der Waals surface area contributed by atoms with Crippen LogP contribution in [0.15, 0.2) is 0 Å². The van der Waals surface area contributed by atoms with Gasteiger partial charge in [0.25, 0.3) is 0 Å². The predicted octanol–water partition coefficient (Wildman–Crippen LogP) is 4.51. The summed E-state index contributed by atoms with van der Waals surface area (Å²) in [7, 11) is 0. The van der Waals surface area contributed by atoms with E-state index in [-0.39, 0.29) is 0 Å². The Hall–Kier alpha value is -0.560. The first-order valence-electron chi connectivity index (χ1n) is 4.29. The smallest absolute Gasteiger partial charge is 0.196 e. The van der Waals surface area contributed by atoms with Crippen LogP contribution in [0.25, 0.3) is 0 Å². The average molecular weight is 257 g/mol. The molecule has 0 heterocycles. The van der Waals surface area contributed by atoms with E-state index in [0.29, 0.717) is 6.42 Å². The zero-order valence-corrected chi connectivity index (χ0v) is 7.93. The number of hydrogen-bond donors (Lipinski definition) is 0. The summed E-state index contributed by atoms with van der Waals surface area (Å²) in [5.41, 5.74) is 0. The summed E-state index contributed by atoms with van der Waals surface area (Å²) in [5.74, 6) is -4.87. The summed E-state index contributed by atoms with van der Waals surface area (Å²) >= 11 is 0. The normalized spacial score (nSPS) is 14.2. The van der Waals surface area contributed by atoms with Crippen LogP contribution in [0.4, 0.5) is 35.1 Å². The van der Waals surface area contributed by atoms with Crippen LogP contribution in [0, 0.1) is 6.42 Å². The third-order valence-electron chi connectivity index (χ3n) is 1.68. The van der Waals surface area contributed by atoms with Crippen LogP contribution in [0.1, 0.15) is 25.7 Å². The fourth-order valence-electron chi connectivity index (χ4n) is 0.846. The van der Waals surface area contributed by atoms with Crippen LogP contribution in [0.5, 0.6) is 0 Å². The number of unbranched alkanes of at least 4 members (excludes halogenated alkanes) is 2. The van der Waals surface area contributed by atoms with Crippen molar-refractivity contribution in [3.05, 3.63) is 6.42 Å². The maximum atomic E-state index is 12.2. The molecule has 0 aromatic carbocycles. The zero-order chi connectivity index (χ0) is 13.0. The molecule has 0 aliphatic heterocycles. The highest BCUT2D eigenvalue weighted by atomic mass is 19.4. The summed E-state index contributed by atoms with van der Waals surface area (Å²) in [4.78, 5) is 0. The Balaban J connectivity index is 3.75. The van der Waals surface area contributed by atoms with Gasteiger partial charge in [0.05, 0.1) is 0 Å². The van der Waals surface area contributed by atoms with Gasteiger partial charge in [0.15, 0.2) is 0 Å². The Bertz CT molecular complexity index is 201. The molecule has 0 amide bonds. The first-order valence-corrected chi connectivity index (χ1v) is 4.29. The first kappa shape index (κ1) is 15.4. The van der Waals surface area contributed by atoms with Gasteiger partial charge in [-0.05, 0) is 19.3 Å². The maximum absolute atomic E-state index is 12.2. The van der Waals surface area contributed by atoms with Crippen LogP contribution in [0.3, 0.4) is 0 Å². The van der Waals surface area contributed by atoms with Crippen LogP contribution in [-0.2, 0) is 0 Å². The highest BCUT2D eigenvalue weighted by molar-refractivity contribution is 4.82. The van der Waals surface area contributed by atoms with Gasteiger partial charge in [-0.25, -0.2) is 0 Å². The lowest BCUT2D eigenvalue weighted by Gasteiger charge is -2.19. The van der Waals surface area contributed by atoms with Crippen LogP contribution in [-0.4, -0.2) is 18.3 Å². The molecule has 0 N–H and O–H groups in total. The van der Waals surface area contributed by atoms with E-state index in [4.69, 9.17) is 0 Å². The van der Waals surface area contributed by atoms with Crippen molar-refractivity contribution in [1.82, 2.24) is 0 Å². The minimum atomic E-state index is -5.66. The molecule has 0 aliphatic rings. The number of alkyl halides is 8. The van der Waals surface area contributed by atoms with Crippen LogP contribution < -0.4 is 0 Å². The van der Waals surface area contributed by atoms with Crippen molar-refractivity contribution in [2.24, 2.45) is 0 Å². The van der Waals surface area contributed by atoms with E-state index in [0.717, 1.165) is 0 Å². The maximum Gasteiger partial charge on any atom is 0.453 e. The Morgan fingerprint density at radius 2 is 1.31 bits per heavy atom. The Morgan fingerprint density at radius 1 is 0.812 bits per heavy atom. The lowest BCUT2D eigenvalue weighted by atomic mass is 10.1. The predicted molar refractivity (Wildman–Crippen MR) is 39.8 cm³/mol. The fraction of sp³-hybridized carbons (Fsp3) is 0.875. The summed E-state index contributed by atoms with van der Waals surface area (Å²) in [6, 6.07) is 0. The molecule has 0 saturated carbocycles. The van der Waals surface area contributed by atoms with Crippen molar-refractivity contribution in [2.45, 2.75) is 44.0 Å². The van der Waals surface area contributed by atoms with E-state index < -0.39 is 44.0 Å². The van der Waals surface area contributed by atoms with Gasteiger partial charge in [-0.2, -0.15) is 35.1 Å². The molecule has 0 saturated heterocycles. The molecule has 0 aliphatic carbocycles. The standard InChI is InChI=1S/C8H9F8/c9-6(10,8(14,15)16)4-2-1-3-5-7(11,12)13/h2H,1,3-5H2. The molecule has 8 heteroatoms. The van der Waals surface area contributed by atoms with Gasteiger partial charge >= 0.3 is 18.3 Å². The molecule has 0 rings (SSSR count). The second kappa shape index (κ2) is 5.18. The molecule has 0 nitrogen and oxygen atoms in total. The fourth-order valence-corrected chi connectivity index (χ4v) is 0.846. The minimum absolute atomic E-state index is 0.425. The zero-order valence-electron chi connectivity index (χ0n) is 7.93. The molecule has 0 spiro atoms. The van der Waals surface area contributed by atoms with Crippen LogP contribution in [0.2, 0.25) is 0 Å². The number of rotatable bonds is 5. The molecule has 16 heavy (non-hydrogen) atoms. The largest absolute Gasteiger partial charge is 0.453 e. The summed E-state index contributed by atoms with van der Waals surface area (Å²) in [6.07, 6.45) is -13.2. The monoisotopic (exact) mass is 257 g/mol. The van der Waals surface area contributed by atoms with Crippen molar-refractivity contribution < 1.29 is 35.1 Å². The first-order chi connectivity index (χ1) is 6.96. The van der Waals surface area contributed by atoms with E-state index in [9.17, 15) is 35.1 Å². The van der Waals surface area contributed by atoms with Crippen molar-refractivity contribution in [2.75, 3.05) is 0 Å². The SMILES string of the molecule is FC(F)(F)CCC[CH]CC(F)(F)C(F)(F)F. The van der Waals surface area contributed by atoms with Gasteiger partial charge in [0, 0.05) is 12.8 Å². The minimum Gasteiger partial charge on any atom is -0.196 e. The topological polar surface area (TPSA) is 0 Å². The molecular weight excluding hydrogens is 248 g/mol. The Kier molecular flexibility index (Phi) is 5.00. The lowest BCUT2D eigenvalue weighted by molar-refractivity contribution is -0.281. The molecule has 0 atom stereocenters. The van der Waals surface area contributed by atoms with Crippen molar-refractivity contribution in [3.8, 4) is 0 Å². The Morgan fingerprint density at radius 3 is 1.69 bits per heavy atom. The van der Waals surface area contributed by atoms with Gasteiger partial charge in [-0.1, -0.05) is 0 Å². The number of halogens is 8. The van der Waals surface area contributed by atoms with Gasteiger partial charge in [-0.3, -0.25) is 0 Å². The molecule has 0 unspecified atom stereocenters. The van der Waals surface area contributed by atoms with Crippen LogP contribution >= 0.6 is 0 Å². The van der Waals surface area contributed by atoms with E-state index in [1.54, 1.807) is 0 Å². The van der Waals surface area contributed by atoms with E-state index in [1.165, 1.54) is 0 Å². The van der Waals surface area contributed by atoms with E-state index in [2.05, 4.69) is 0 Å². The van der Waals surface area contributed by atoms with E-state index in [1.807, 2.05) is 0 Å². The highest BCUT2D eigenvalue weighted by Gasteiger charge is 2.56. The van der Waals surface area contributed by atoms with Crippen molar-refractivity contribution in [3.63, 3.8) is 0 Å². The summed E-state index contributed by atoms with van der Waals surface area (Å²) in [6.45, 7) is 0. The van der Waals surface area contributed by atoms with Gasteiger partial charge in [0.1, 0.15) is 0 Å². The second-order valence-electron chi connectivity index (χ2n) is 3.20. The second-order valence-corrected chi connectivity index (χ2v) is 3.20. The van der Waals surface area contributed by atoms with Gasteiger partial charge < -0.3 is 0 Å². The average Bonchev–Trinajstić information content (AvgIpc) is 1.98. The molecule has 0 aromatic heterocycles. The molecule has 0 fully saturated rings. The van der Waals surface area contributed by atoms with E-state index >= 15 is 0 Å². The van der Waals surface area contributed by atoms with Crippen molar-refractivity contribution >= 4 is 0 Å². The highest BCUT2D eigenvalue weighted by Crippen LogP contribution is 2.39. The van der Waals surface area contributed by atoms with Gasteiger partial charge in [-0.15, -0.1) is 0 Å². The third kappa shape index (κ3) is 6.12. The molecule has 97 valence electrons. The molecule has 0 aromatic rings.